The Bertz CT molecular complexity index is 360. The van der Waals surface area contributed by atoms with Crippen LogP contribution in [0, 0.1) is 0 Å². The maximum Gasteiger partial charge on any atom is 0.306 e. The molecule has 0 bridgehead atoms. The predicted octanol–water partition coefficient (Wildman–Crippen LogP) is 2.12. The molecule has 3 nitrogen and oxygen atoms in total. The minimum atomic E-state index is -0.114. The van der Waals surface area contributed by atoms with E-state index < -0.39 is 0 Å². The van der Waals surface area contributed by atoms with E-state index in [1.54, 1.807) is 7.11 Å². The summed E-state index contributed by atoms with van der Waals surface area (Å²) in [5, 5.41) is 0. The number of esters is 1. The summed E-state index contributed by atoms with van der Waals surface area (Å²) in [6, 6.07) is 7.85. The SMILES string of the molecule is COc1ccccc1C1CCOC(=O)C1. The number of hydrogen-bond acceptors (Lipinski definition) is 3. The lowest BCUT2D eigenvalue weighted by molar-refractivity contribution is -0.147. The molecule has 1 aromatic rings. The summed E-state index contributed by atoms with van der Waals surface area (Å²) in [5.41, 5.74) is 1.11. The van der Waals surface area contributed by atoms with Crippen molar-refractivity contribution in [2.24, 2.45) is 0 Å². The lowest BCUT2D eigenvalue weighted by atomic mass is 9.91. The van der Waals surface area contributed by atoms with Crippen LogP contribution in [-0.2, 0) is 9.53 Å². The van der Waals surface area contributed by atoms with Crippen molar-refractivity contribution in [1.29, 1.82) is 0 Å². The van der Waals surface area contributed by atoms with E-state index in [1.807, 2.05) is 24.3 Å². The van der Waals surface area contributed by atoms with Crippen LogP contribution in [0.2, 0.25) is 0 Å². The van der Waals surface area contributed by atoms with Crippen LogP contribution >= 0.6 is 0 Å². The summed E-state index contributed by atoms with van der Waals surface area (Å²) in [4.78, 5) is 11.2. The molecule has 0 aromatic heterocycles. The van der Waals surface area contributed by atoms with Gasteiger partial charge in [-0.05, 0) is 18.1 Å². The molecular weight excluding hydrogens is 192 g/mol. The summed E-state index contributed by atoms with van der Waals surface area (Å²) >= 11 is 0. The highest BCUT2D eigenvalue weighted by atomic mass is 16.5. The van der Waals surface area contributed by atoms with Crippen LogP contribution < -0.4 is 4.74 Å². The first-order chi connectivity index (χ1) is 7.31. The van der Waals surface area contributed by atoms with Crippen molar-refractivity contribution in [2.75, 3.05) is 13.7 Å². The van der Waals surface area contributed by atoms with Crippen molar-refractivity contribution in [3.63, 3.8) is 0 Å². The van der Waals surface area contributed by atoms with Crippen LogP contribution in [0.15, 0.2) is 24.3 Å². The number of carbonyl (C=O) groups is 1. The highest BCUT2D eigenvalue weighted by Gasteiger charge is 2.24. The molecule has 1 atom stereocenters. The highest BCUT2D eigenvalue weighted by molar-refractivity contribution is 5.71. The van der Waals surface area contributed by atoms with Gasteiger partial charge in [0.25, 0.3) is 0 Å². The summed E-state index contributed by atoms with van der Waals surface area (Å²) in [6.45, 7) is 0.515. The summed E-state index contributed by atoms with van der Waals surface area (Å²) in [7, 11) is 1.65. The number of ether oxygens (including phenoxy) is 2. The van der Waals surface area contributed by atoms with E-state index >= 15 is 0 Å². The van der Waals surface area contributed by atoms with E-state index in [-0.39, 0.29) is 11.9 Å². The number of carbonyl (C=O) groups excluding carboxylic acids is 1. The first kappa shape index (κ1) is 10.0. The third-order valence-corrected chi connectivity index (χ3v) is 2.72. The van der Waals surface area contributed by atoms with E-state index in [4.69, 9.17) is 9.47 Å². The maximum absolute atomic E-state index is 11.2. The Kier molecular flexibility index (Phi) is 2.90. The van der Waals surface area contributed by atoms with E-state index in [1.165, 1.54) is 0 Å². The van der Waals surface area contributed by atoms with Gasteiger partial charge in [-0.2, -0.15) is 0 Å². The third kappa shape index (κ3) is 2.12. The molecule has 0 amide bonds. The second-order valence-electron chi connectivity index (χ2n) is 3.65. The molecule has 1 aliphatic heterocycles. The fraction of sp³-hybridized carbons (Fsp3) is 0.417. The Morgan fingerprint density at radius 3 is 2.93 bits per heavy atom. The molecule has 3 heteroatoms. The minimum absolute atomic E-state index is 0.114. The van der Waals surface area contributed by atoms with Crippen molar-refractivity contribution >= 4 is 5.97 Å². The molecule has 0 saturated carbocycles. The molecule has 1 aromatic carbocycles. The molecule has 1 heterocycles. The van der Waals surface area contributed by atoms with Gasteiger partial charge >= 0.3 is 5.97 Å². The first-order valence-corrected chi connectivity index (χ1v) is 5.10. The summed E-state index contributed by atoms with van der Waals surface area (Å²) < 4.78 is 10.2. The molecule has 1 fully saturated rings. The fourth-order valence-corrected chi connectivity index (χ4v) is 1.95. The molecule has 0 aliphatic carbocycles. The Morgan fingerprint density at radius 1 is 1.40 bits per heavy atom. The van der Waals surface area contributed by atoms with Gasteiger partial charge < -0.3 is 9.47 Å². The second kappa shape index (κ2) is 4.34. The van der Waals surface area contributed by atoms with Gasteiger partial charge in [0.2, 0.25) is 0 Å². The van der Waals surface area contributed by atoms with Crippen molar-refractivity contribution in [2.45, 2.75) is 18.8 Å². The predicted molar refractivity (Wildman–Crippen MR) is 55.9 cm³/mol. The van der Waals surface area contributed by atoms with Crippen molar-refractivity contribution in [3.05, 3.63) is 29.8 Å². The van der Waals surface area contributed by atoms with Crippen LogP contribution in [0.25, 0.3) is 0 Å². The Morgan fingerprint density at radius 2 is 2.20 bits per heavy atom. The summed E-state index contributed by atoms with van der Waals surface area (Å²) in [5.74, 6) is 0.983. The van der Waals surface area contributed by atoms with E-state index in [9.17, 15) is 4.79 Å². The van der Waals surface area contributed by atoms with Gasteiger partial charge in [-0.3, -0.25) is 4.79 Å². The monoisotopic (exact) mass is 206 g/mol. The lowest BCUT2D eigenvalue weighted by Gasteiger charge is -2.23. The number of cyclic esters (lactones) is 1. The Hall–Kier alpha value is -1.51. The van der Waals surface area contributed by atoms with Gasteiger partial charge in [0.1, 0.15) is 5.75 Å². The molecule has 1 aliphatic rings. The highest BCUT2D eigenvalue weighted by Crippen LogP contribution is 2.33. The fourth-order valence-electron chi connectivity index (χ4n) is 1.95. The molecule has 2 rings (SSSR count). The average molecular weight is 206 g/mol. The van der Waals surface area contributed by atoms with Crippen molar-refractivity contribution < 1.29 is 14.3 Å². The normalized spacial score (nSPS) is 20.9. The van der Waals surface area contributed by atoms with Gasteiger partial charge in [-0.1, -0.05) is 18.2 Å². The maximum atomic E-state index is 11.2. The number of benzene rings is 1. The molecule has 80 valence electrons. The van der Waals surface area contributed by atoms with Gasteiger partial charge in [-0.25, -0.2) is 0 Å². The summed E-state index contributed by atoms with van der Waals surface area (Å²) in [6.07, 6.45) is 1.34. The standard InChI is InChI=1S/C12H14O3/c1-14-11-5-3-2-4-10(11)9-6-7-15-12(13)8-9/h2-5,9H,6-8H2,1H3. The minimum Gasteiger partial charge on any atom is -0.496 e. The molecule has 1 unspecified atom stereocenters. The number of para-hydroxylation sites is 1. The zero-order valence-electron chi connectivity index (χ0n) is 8.73. The van der Waals surface area contributed by atoms with Crippen LogP contribution in [-0.4, -0.2) is 19.7 Å². The van der Waals surface area contributed by atoms with Crippen LogP contribution in [0.3, 0.4) is 0 Å². The smallest absolute Gasteiger partial charge is 0.306 e. The molecule has 1 saturated heterocycles. The Labute approximate surface area is 89.0 Å². The largest absolute Gasteiger partial charge is 0.496 e. The molecule has 0 spiro atoms. The molecule has 0 N–H and O–H groups in total. The van der Waals surface area contributed by atoms with Crippen LogP contribution in [0.5, 0.6) is 5.75 Å². The second-order valence-corrected chi connectivity index (χ2v) is 3.65. The van der Waals surface area contributed by atoms with Crippen LogP contribution in [0.1, 0.15) is 24.3 Å². The molecule has 15 heavy (non-hydrogen) atoms. The van der Waals surface area contributed by atoms with Crippen molar-refractivity contribution in [1.82, 2.24) is 0 Å². The zero-order valence-corrected chi connectivity index (χ0v) is 8.73. The van der Waals surface area contributed by atoms with Gasteiger partial charge in [-0.15, -0.1) is 0 Å². The van der Waals surface area contributed by atoms with Crippen LogP contribution in [0.4, 0.5) is 0 Å². The molecular formula is C12H14O3. The quantitative estimate of drug-likeness (QED) is 0.695. The van der Waals surface area contributed by atoms with Gasteiger partial charge in [0.15, 0.2) is 0 Å². The van der Waals surface area contributed by atoms with E-state index in [0.717, 1.165) is 17.7 Å². The third-order valence-electron chi connectivity index (χ3n) is 2.72. The Balaban J connectivity index is 2.24. The number of rotatable bonds is 2. The zero-order chi connectivity index (χ0) is 10.7. The topological polar surface area (TPSA) is 35.5 Å². The van der Waals surface area contributed by atoms with Gasteiger partial charge in [0, 0.05) is 5.92 Å². The number of methoxy groups -OCH3 is 1. The lowest BCUT2D eigenvalue weighted by Crippen LogP contribution is -2.19. The van der Waals surface area contributed by atoms with Gasteiger partial charge in [0.05, 0.1) is 20.1 Å². The van der Waals surface area contributed by atoms with E-state index in [2.05, 4.69) is 0 Å². The average Bonchev–Trinajstić information content (AvgIpc) is 2.29. The van der Waals surface area contributed by atoms with Crippen molar-refractivity contribution in [3.8, 4) is 5.75 Å². The van der Waals surface area contributed by atoms with E-state index in [0.29, 0.717) is 13.0 Å². The molecule has 0 radical (unpaired) electrons. The first-order valence-electron chi connectivity index (χ1n) is 5.10. The number of hydrogen-bond donors (Lipinski definition) is 0.